The zero-order chi connectivity index (χ0) is 20.2. The van der Waals surface area contributed by atoms with Gasteiger partial charge in [0.2, 0.25) is 5.78 Å². The highest BCUT2D eigenvalue weighted by Gasteiger charge is 2.18. The van der Waals surface area contributed by atoms with Gasteiger partial charge in [0.05, 0.1) is 0 Å². The molecule has 6 heteroatoms. The Morgan fingerprint density at radius 1 is 1.10 bits per heavy atom. The second-order valence-electron chi connectivity index (χ2n) is 7.20. The Bertz CT molecular complexity index is 1020. The number of benzene rings is 1. The number of ketones is 1. The van der Waals surface area contributed by atoms with E-state index in [2.05, 4.69) is 20.2 Å². The highest BCUT2D eigenvalue weighted by molar-refractivity contribution is 6.09. The summed E-state index contributed by atoms with van der Waals surface area (Å²) in [5.74, 6) is 0.903. The summed E-state index contributed by atoms with van der Waals surface area (Å²) in [5, 5.41) is 12.9. The quantitative estimate of drug-likeness (QED) is 0.660. The van der Waals surface area contributed by atoms with Gasteiger partial charge in [0, 0.05) is 45.5 Å². The third-order valence-corrected chi connectivity index (χ3v) is 5.16. The lowest BCUT2D eigenvalue weighted by Crippen LogP contribution is -2.29. The van der Waals surface area contributed by atoms with Crippen molar-refractivity contribution >= 4 is 11.6 Å². The van der Waals surface area contributed by atoms with Gasteiger partial charge in [-0.15, -0.1) is 0 Å². The minimum atomic E-state index is -0.134. The average molecular weight is 393 g/mol. The van der Waals surface area contributed by atoms with E-state index in [0.29, 0.717) is 17.0 Å². The number of nitrogens with zero attached hydrogens (tertiary/aromatic N) is 3. The number of phenols is 1. The number of aromatic nitrogens is 2. The lowest BCUT2D eigenvalue weighted by molar-refractivity contribution is 0.103. The summed E-state index contributed by atoms with van der Waals surface area (Å²) >= 11 is 0. The standard InChI is InChI=1S/C23H24N4O2.2H2/c1-16-20(14-18(15-25-16)17-6-8-19(28)9-7-17)23(29)21-4-2-5-22(26-21)27-12-3-10-24-11-13-27;;/h2,4-9,14-15,24,28H,3,10-13H2,1H3;2*1H. The molecule has 0 aliphatic carbocycles. The van der Waals surface area contributed by atoms with Crippen molar-refractivity contribution in [2.24, 2.45) is 0 Å². The largest absolute Gasteiger partial charge is 0.508 e. The molecule has 0 spiro atoms. The van der Waals surface area contributed by atoms with Crippen LogP contribution in [-0.4, -0.2) is 47.0 Å². The molecule has 0 atom stereocenters. The van der Waals surface area contributed by atoms with Crippen LogP contribution in [-0.2, 0) is 0 Å². The van der Waals surface area contributed by atoms with Gasteiger partial charge in [0.15, 0.2) is 0 Å². The van der Waals surface area contributed by atoms with Gasteiger partial charge < -0.3 is 15.3 Å². The Hall–Kier alpha value is -3.25. The van der Waals surface area contributed by atoms with E-state index in [4.69, 9.17) is 0 Å². The fraction of sp³-hybridized carbons (Fsp3) is 0.261. The number of aromatic hydroxyl groups is 1. The van der Waals surface area contributed by atoms with Crippen molar-refractivity contribution in [1.29, 1.82) is 0 Å². The molecule has 1 fully saturated rings. The molecule has 0 radical (unpaired) electrons. The van der Waals surface area contributed by atoms with Gasteiger partial charge in [-0.2, -0.15) is 0 Å². The highest BCUT2D eigenvalue weighted by atomic mass is 16.3. The fourth-order valence-electron chi connectivity index (χ4n) is 3.51. The summed E-state index contributed by atoms with van der Waals surface area (Å²) in [5.41, 5.74) is 3.35. The monoisotopic (exact) mass is 392 g/mol. The maximum absolute atomic E-state index is 13.2. The molecule has 3 aromatic rings. The molecule has 0 unspecified atom stereocenters. The minimum absolute atomic E-state index is 0. The second-order valence-corrected chi connectivity index (χ2v) is 7.20. The zero-order valence-corrected chi connectivity index (χ0v) is 16.4. The van der Waals surface area contributed by atoms with Crippen molar-refractivity contribution in [3.8, 4) is 16.9 Å². The van der Waals surface area contributed by atoms with E-state index in [9.17, 15) is 9.90 Å². The topological polar surface area (TPSA) is 78.4 Å². The van der Waals surface area contributed by atoms with Crippen LogP contribution in [0.15, 0.2) is 54.7 Å². The molecule has 1 aliphatic rings. The van der Waals surface area contributed by atoms with Crippen molar-refractivity contribution in [1.82, 2.24) is 15.3 Å². The van der Waals surface area contributed by atoms with Gasteiger partial charge in [-0.05, 0) is 55.8 Å². The van der Waals surface area contributed by atoms with E-state index in [1.165, 1.54) is 0 Å². The molecule has 0 amide bonds. The summed E-state index contributed by atoms with van der Waals surface area (Å²) in [4.78, 5) is 24.5. The molecule has 1 aromatic carbocycles. The second kappa shape index (κ2) is 8.41. The number of carbonyl (C=O) groups excluding carboxylic acids is 1. The normalized spacial score (nSPS) is 14.4. The van der Waals surface area contributed by atoms with Crippen LogP contribution in [0.1, 0.15) is 31.0 Å². The molecule has 0 bridgehead atoms. The zero-order valence-electron chi connectivity index (χ0n) is 16.4. The number of carbonyl (C=O) groups is 1. The van der Waals surface area contributed by atoms with Crippen LogP contribution in [0.25, 0.3) is 11.1 Å². The van der Waals surface area contributed by atoms with Crippen molar-refractivity contribution in [2.75, 3.05) is 31.1 Å². The summed E-state index contributed by atoms with van der Waals surface area (Å²) in [6.45, 7) is 5.55. The number of nitrogens with one attached hydrogen (secondary N) is 1. The number of hydrogen-bond acceptors (Lipinski definition) is 6. The first-order chi connectivity index (χ1) is 14.1. The van der Waals surface area contributed by atoms with E-state index < -0.39 is 0 Å². The minimum Gasteiger partial charge on any atom is -0.508 e. The van der Waals surface area contributed by atoms with Gasteiger partial charge >= 0.3 is 0 Å². The molecule has 6 nitrogen and oxygen atoms in total. The van der Waals surface area contributed by atoms with E-state index in [1.54, 1.807) is 24.4 Å². The number of phenolic OH excluding ortho intramolecular Hbond substituents is 1. The third kappa shape index (κ3) is 4.27. The fourth-order valence-corrected chi connectivity index (χ4v) is 3.51. The first kappa shape index (κ1) is 19.1. The molecule has 0 saturated carbocycles. The maximum Gasteiger partial charge on any atom is 0.213 e. The molecule has 4 rings (SSSR count). The van der Waals surface area contributed by atoms with Crippen LogP contribution < -0.4 is 10.2 Å². The molecular weight excluding hydrogens is 364 g/mol. The van der Waals surface area contributed by atoms with Gasteiger partial charge in [-0.3, -0.25) is 9.78 Å². The average Bonchev–Trinajstić information content (AvgIpc) is 3.04. The van der Waals surface area contributed by atoms with Gasteiger partial charge in [-0.1, -0.05) is 18.2 Å². The third-order valence-electron chi connectivity index (χ3n) is 5.16. The van der Waals surface area contributed by atoms with Crippen molar-refractivity contribution < 1.29 is 12.8 Å². The summed E-state index contributed by atoms with van der Waals surface area (Å²) in [6, 6.07) is 14.3. The van der Waals surface area contributed by atoms with Crippen molar-refractivity contribution in [3.05, 3.63) is 71.7 Å². The van der Waals surface area contributed by atoms with Gasteiger partial charge in [-0.25, -0.2) is 4.98 Å². The number of rotatable bonds is 4. The summed E-state index contributed by atoms with van der Waals surface area (Å²) in [6.07, 6.45) is 2.80. The molecule has 1 aliphatic heterocycles. The van der Waals surface area contributed by atoms with Crippen LogP contribution >= 0.6 is 0 Å². The number of hydrogen-bond donors (Lipinski definition) is 2. The molecule has 1 saturated heterocycles. The molecule has 2 aromatic heterocycles. The molecule has 29 heavy (non-hydrogen) atoms. The molecular formula is C23H28N4O2. The van der Waals surface area contributed by atoms with E-state index >= 15 is 0 Å². The maximum atomic E-state index is 13.2. The van der Waals surface area contributed by atoms with E-state index in [1.807, 2.05) is 37.3 Å². The van der Waals surface area contributed by atoms with Crippen LogP contribution in [0.3, 0.4) is 0 Å². The summed E-state index contributed by atoms with van der Waals surface area (Å²) in [7, 11) is 0. The van der Waals surface area contributed by atoms with Crippen LogP contribution in [0, 0.1) is 6.92 Å². The first-order valence-corrected chi connectivity index (χ1v) is 9.85. The molecule has 2 N–H and O–H groups in total. The Labute approximate surface area is 173 Å². The SMILES string of the molecule is Cc1ncc(-c2ccc(O)cc2)cc1C(=O)c1cccc(N2CCCNCC2)n1.[HH].[HH]. The van der Waals surface area contributed by atoms with Crippen LogP contribution in [0.2, 0.25) is 0 Å². The lowest BCUT2D eigenvalue weighted by atomic mass is 10.0. The van der Waals surface area contributed by atoms with E-state index in [-0.39, 0.29) is 14.4 Å². The Morgan fingerprint density at radius 3 is 2.76 bits per heavy atom. The number of anilines is 1. The summed E-state index contributed by atoms with van der Waals surface area (Å²) < 4.78 is 0. The Balaban J connectivity index is 0.00000171. The van der Waals surface area contributed by atoms with E-state index in [0.717, 1.165) is 49.5 Å². The molecule has 3 heterocycles. The van der Waals surface area contributed by atoms with Gasteiger partial charge in [0.25, 0.3) is 0 Å². The van der Waals surface area contributed by atoms with Crippen LogP contribution in [0.5, 0.6) is 5.75 Å². The van der Waals surface area contributed by atoms with Crippen molar-refractivity contribution in [3.63, 3.8) is 0 Å². The van der Waals surface area contributed by atoms with Gasteiger partial charge in [0.1, 0.15) is 17.3 Å². The highest BCUT2D eigenvalue weighted by Crippen LogP contribution is 2.24. The predicted molar refractivity (Wildman–Crippen MR) is 118 cm³/mol. The lowest BCUT2D eigenvalue weighted by Gasteiger charge is -2.21. The van der Waals surface area contributed by atoms with Crippen LogP contribution in [0.4, 0.5) is 5.82 Å². The number of aryl methyl sites for hydroxylation is 1. The first-order valence-electron chi connectivity index (χ1n) is 9.85. The Kier molecular flexibility index (Phi) is 5.53. The Morgan fingerprint density at radius 2 is 1.93 bits per heavy atom. The smallest absolute Gasteiger partial charge is 0.213 e. The predicted octanol–water partition coefficient (Wildman–Crippen LogP) is 3.68. The number of pyridine rings is 2. The molecule has 152 valence electrons. The van der Waals surface area contributed by atoms with Crippen molar-refractivity contribution in [2.45, 2.75) is 13.3 Å².